The maximum Gasteiger partial charge on any atom is 0.410 e. The summed E-state index contributed by atoms with van der Waals surface area (Å²) >= 11 is 0. The molecule has 3 fully saturated rings. The number of rotatable bonds is 7. The van der Waals surface area contributed by atoms with Crippen LogP contribution in [0.15, 0.2) is 42.9 Å². The summed E-state index contributed by atoms with van der Waals surface area (Å²) in [4.78, 5) is 64.5. The molecule has 0 spiro atoms. The summed E-state index contributed by atoms with van der Waals surface area (Å²) in [7, 11) is 0. The van der Waals surface area contributed by atoms with Crippen LogP contribution in [0, 0.1) is 23.6 Å². The zero-order chi connectivity index (χ0) is 35.4. The lowest BCUT2D eigenvalue weighted by Crippen LogP contribution is -2.53. The normalized spacial score (nSPS) is 21.2. The first-order chi connectivity index (χ1) is 23.2. The van der Waals surface area contributed by atoms with Crippen LogP contribution in [0.4, 0.5) is 9.18 Å². The Labute approximate surface area is 287 Å². The Kier molecular flexibility index (Phi) is 9.32. The summed E-state index contributed by atoms with van der Waals surface area (Å²) in [5.41, 5.74) is 1.16. The quantitative estimate of drug-likeness (QED) is 0.266. The van der Waals surface area contributed by atoms with E-state index in [0.717, 1.165) is 12.8 Å². The predicted molar refractivity (Wildman–Crippen MR) is 184 cm³/mol. The Morgan fingerprint density at radius 2 is 1.65 bits per heavy atom. The van der Waals surface area contributed by atoms with E-state index in [2.05, 4.69) is 4.98 Å². The molecule has 2 aliphatic heterocycles. The summed E-state index contributed by atoms with van der Waals surface area (Å²) < 4.78 is 22.1. The Hall–Kier alpha value is -4.28. The second kappa shape index (κ2) is 13.2. The Balaban J connectivity index is 1.23. The monoisotopic (exact) mass is 673 g/mol. The van der Waals surface area contributed by atoms with Gasteiger partial charge in [0.25, 0.3) is 5.91 Å². The van der Waals surface area contributed by atoms with Crippen LogP contribution >= 0.6 is 0 Å². The number of ketones is 1. The van der Waals surface area contributed by atoms with Crippen molar-refractivity contribution < 1.29 is 28.3 Å². The van der Waals surface area contributed by atoms with E-state index in [-0.39, 0.29) is 47.1 Å². The average molecular weight is 674 g/mol. The molecule has 0 unspecified atom stereocenters. The highest BCUT2D eigenvalue weighted by Gasteiger charge is 2.54. The average Bonchev–Trinajstić information content (AvgIpc) is 3.53. The van der Waals surface area contributed by atoms with E-state index in [1.807, 2.05) is 53.4 Å². The number of pyridine rings is 1. The number of piperidine rings is 1. The molecule has 0 radical (unpaired) electrons. The van der Waals surface area contributed by atoms with Gasteiger partial charge < -0.3 is 19.1 Å². The van der Waals surface area contributed by atoms with Gasteiger partial charge in [0.2, 0.25) is 5.91 Å². The second-order valence-electron chi connectivity index (χ2n) is 15.4. The molecule has 11 heteroatoms. The van der Waals surface area contributed by atoms with Crippen molar-refractivity contribution in [2.75, 3.05) is 19.6 Å². The van der Waals surface area contributed by atoms with Crippen molar-refractivity contribution >= 4 is 34.6 Å². The number of amides is 3. The number of carbonyl (C=O) groups excluding carboxylic acids is 4. The van der Waals surface area contributed by atoms with Gasteiger partial charge in [-0.15, -0.1) is 0 Å². The Bertz CT molecular complexity index is 1760. The third kappa shape index (κ3) is 6.56. The molecule has 49 heavy (non-hydrogen) atoms. The van der Waals surface area contributed by atoms with E-state index in [1.165, 1.54) is 12.1 Å². The number of hydrogen-bond donors (Lipinski definition) is 0. The zero-order valence-electron chi connectivity index (χ0n) is 29.6. The van der Waals surface area contributed by atoms with Gasteiger partial charge in [0.05, 0.1) is 23.0 Å². The summed E-state index contributed by atoms with van der Waals surface area (Å²) in [5.74, 6) is -0.763. The molecule has 1 aliphatic carbocycles. The molecular formula is C38H48FN5O5. The van der Waals surface area contributed by atoms with Crippen molar-refractivity contribution in [2.24, 2.45) is 17.8 Å². The molecule has 1 saturated carbocycles. The summed E-state index contributed by atoms with van der Waals surface area (Å²) in [6.07, 6.45) is 7.49. The van der Waals surface area contributed by atoms with Crippen LogP contribution in [0.3, 0.4) is 0 Å². The van der Waals surface area contributed by atoms with Gasteiger partial charge >= 0.3 is 6.09 Å². The molecule has 262 valence electrons. The van der Waals surface area contributed by atoms with E-state index >= 15 is 0 Å². The van der Waals surface area contributed by atoms with Gasteiger partial charge in [-0.2, -0.15) is 0 Å². The second-order valence-corrected chi connectivity index (χ2v) is 15.4. The van der Waals surface area contributed by atoms with Crippen molar-refractivity contribution in [2.45, 2.75) is 97.9 Å². The number of aromatic nitrogens is 2. The number of nitrogens with zero attached hydrogens (tertiary/aromatic N) is 5. The zero-order valence-corrected chi connectivity index (χ0v) is 29.6. The molecule has 3 aliphatic rings. The van der Waals surface area contributed by atoms with Gasteiger partial charge in [-0.05, 0) is 110 Å². The Morgan fingerprint density at radius 3 is 2.27 bits per heavy atom. The van der Waals surface area contributed by atoms with Crippen LogP contribution in [0.1, 0.15) is 94.9 Å². The molecule has 0 N–H and O–H groups in total. The number of ether oxygens (including phenoxy) is 1. The largest absolute Gasteiger partial charge is 0.444 e. The number of Topliss-reactive ketones (excluding diaryl/α,β-unsaturated/α-hetero) is 1. The topological polar surface area (TPSA) is 105 Å². The van der Waals surface area contributed by atoms with Crippen molar-refractivity contribution in [3.05, 3.63) is 59.8 Å². The lowest BCUT2D eigenvalue weighted by Gasteiger charge is -2.38. The fourth-order valence-corrected chi connectivity index (χ4v) is 7.99. The molecule has 10 nitrogen and oxygen atoms in total. The number of hydrogen-bond acceptors (Lipinski definition) is 6. The molecular weight excluding hydrogens is 625 g/mol. The molecule has 3 aromatic rings. The minimum Gasteiger partial charge on any atom is -0.444 e. The number of likely N-dealkylation sites (tertiary alicyclic amines) is 2. The lowest BCUT2D eigenvalue weighted by molar-refractivity contribution is -0.139. The van der Waals surface area contributed by atoms with Crippen LogP contribution in [-0.4, -0.2) is 91.3 Å². The molecule has 1 aromatic carbocycles. The fourth-order valence-electron chi connectivity index (χ4n) is 7.99. The summed E-state index contributed by atoms with van der Waals surface area (Å²) in [5, 5.41) is 0.695. The molecule has 4 heterocycles. The van der Waals surface area contributed by atoms with Crippen molar-refractivity contribution in [1.82, 2.24) is 24.3 Å². The fraction of sp³-hybridized carbons (Fsp3) is 0.553. The number of benzene rings is 1. The third-order valence-electron chi connectivity index (χ3n) is 10.4. The van der Waals surface area contributed by atoms with Crippen LogP contribution in [0.5, 0.6) is 0 Å². The highest BCUT2D eigenvalue weighted by molar-refractivity contribution is 6.10. The number of carbonyl (C=O) groups is 4. The van der Waals surface area contributed by atoms with E-state index in [4.69, 9.17) is 4.74 Å². The highest BCUT2D eigenvalue weighted by Crippen LogP contribution is 2.46. The summed E-state index contributed by atoms with van der Waals surface area (Å²) in [6, 6.07) is 5.20. The van der Waals surface area contributed by atoms with Gasteiger partial charge in [-0.25, -0.2) is 9.18 Å². The van der Waals surface area contributed by atoms with Crippen LogP contribution in [-0.2, 0) is 9.53 Å². The summed E-state index contributed by atoms with van der Waals surface area (Å²) in [6.45, 7) is 14.6. The minimum atomic E-state index is -0.652. The first-order valence-corrected chi connectivity index (χ1v) is 17.6. The number of fused-ring (bicyclic) bond motifs is 2. The van der Waals surface area contributed by atoms with Gasteiger partial charge in [-0.1, -0.05) is 0 Å². The van der Waals surface area contributed by atoms with Crippen molar-refractivity contribution in [3.63, 3.8) is 0 Å². The van der Waals surface area contributed by atoms with Crippen LogP contribution in [0.25, 0.3) is 16.6 Å². The predicted octanol–water partition coefficient (Wildman–Crippen LogP) is 6.49. The van der Waals surface area contributed by atoms with Gasteiger partial charge in [-0.3, -0.25) is 24.3 Å². The minimum absolute atomic E-state index is 0.0432. The first-order valence-electron chi connectivity index (χ1n) is 17.6. The van der Waals surface area contributed by atoms with E-state index in [9.17, 15) is 23.6 Å². The van der Waals surface area contributed by atoms with Gasteiger partial charge in [0, 0.05) is 61.0 Å². The van der Waals surface area contributed by atoms with E-state index in [1.54, 1.807) is 45.1 Å². The van der Waals surface area contributed by atoms with E-state index in [0.29, 0.717) is 60.5 Å². The van der Waals surface area contributed by atoms with Gasteiger partial charge in [0.15, 0.2) is 5.78 Å². The number of halogens is 1. The molecule has 2 aromatic heterocycles. The highest BCUT2D eigenvalue weighted by atomic mass is 19.1. The molecule has 3 atom stereocenters. The molecule has 3 amide bonds. The maximum atomic E-state index is 14.6. The molecule has 6 rings (SSSR count). The molecule has 2 saturated heterocycles. The van der Waals surface area contributed by atoms with Crippen molar-refractivity contribution in [3.8, 4) is 5.69 Å². The Morgan fingerprint density at radius 1 is 0.959 bits per heavy atom. The third-order valence-corrected chi connectivity index (χ3v) is 10.4. The van der Waals surface area contributed by atoms with E-state index < -0.39 is 23.6 Å². The van der Waals surface area contributed by atoms with Crippen LogP contribution < -0.4 is 0 Å². The smallest absolute Gasteiger partial charge is 0.410 e. The molecule has 0 bridgehead atoms. The standard InChI is InChI=1S/C38H48FN5O5/c1-22(2)44(23(3)4)35(46)29-18-26(39)9-11-31(29)42-21-30(28-12-15-40-19-32(28)42)34(45)24-13-16-41(17-14-24)36(47)33-27-10-8-25(27)20-43(33)37(48)49-38(5,6)7/h9,11-12,15,18-19,21-25,27,33H,8,10,13-14,16-17,20H2,1-7H3/t25-,27-,33-/m1/s1. The first kappa shape index (κ1) is 34.6. The SMILES string of the molecule is CC(C)N(C(=O)c1cc(F)ccc1-n1cc(C(=O)C2CCN(C(=O)[C@H]3[C@@H]4CC[C@@H]4CN3C(=O)OC(C)(C)C)CC2)c2ccncc21)C(C)C. The van der Waals surface area contributed by atoms with Gasteiger partial charge in [0.1, 0.15) is 17.5 Å². The van der Waals surface area contributed by atoms with Crippen LogP contribution in [0.2, 0.25) is 0 Å². The van der Waals surface area contributed by atoms with Crippen molar-refractivity contribution in [1.29, 1.82) is 0 Å². The maximum absolute atomic E-state index is 14.6. The lowest BCUT2D eigenvalue weighted by atomic mass is 9.72.